The smallest absolute Gasteiger partial charge is 0.165 e. The number of ketones is 1. The summed E-state index contributed by atoms with van der Waals surface area (Å²) in [5.41, 5.74) is 3.80. The van der Waals surface area contributed by atoms with Crippen molar-refractivity contribution in [3.8, 4) is 10.4 Å². The summed E-state index contributed by atoms with van der Waals surface area (Å²) in [5.74, 6) is 2.09. The second-order valence-corrected chi connectivity index (χ2v) is 12.5. The quantitative estimate of drug-likeness (QED) is 0.379. The van der Waals surface area contributed by atoms with Crippen LogP contribution in [-0.4, -0.2) is 17.0 Å². The molecule has 0 aliphatic heterocycles. The number of carbonyl (C=O) groups is 1. The molecule has 3 heteroatoms. The number of benzene rings is 1. The van der Waals surface area contributed by atoms with Crippen molar-refractivity contribution in [3.63, 3.8) is 0 Å². The van der Waals surface area contributed by atoms with Crippen LogP contribution >= 0.6 is 11.3 Å². The van der Waals surface area contributed by atoms with E-state index in [1.54, 1.807) is 11.3 Å². The fourth-order valence-corrected chi connectivity index (χ4v) is 8.78. The first kappa shape index (κ1) is 21.6. The van der Waals surface area contributed by atoms with E-state index in [4.69, 9.17) is 0 Å². The molecule has 2 aromatic rings. The van der Waals surface area contributed by atoms with Crippen molar-refractivity contribution in [2.24, 2.45) is 28.6 Å². The minimum absolute atomic E-state index is 0.163. The molecular weight excluding hydrogens is 424 g/mol. The Kier molecular flexibility index (Phi) is 5.08. The minimum atomic E-state index is -0.206. The van der Waals surface area contributed by atoms with Crippen molar-refractivity contribution in [1.29, 1.82) is 0 Å². The molecule has 0 bridgehead atoms. The molecule has 4 aliphatic carbocycles. The Hall–Kier alpha value is -1.97. The molecular formula is C30H34O2S. The molecule has 0 amide bonds. The van der Waals surface area contributed by atoms with Gasteiger partial charge in [-0.2, -0.15) is 0 Å². The lowest BCUT2D eigenvalue weighted by Crippen LogP contribution is -2.50. The van der Waals surface area contributed by atoms with Gasteiger partial charge in [0.1, 0.15) is 0 Å². The molecule has 172 valence electrons. The third-order valence-electron chi connectivity index (χ3n) is 9.72. The number of fused-ring (bicyclic) bond motifs is 5. The first-order chi connectivity index (χ1) is 15.9. The second kappa shape index (κ2) is 7.78. The van der Waals surface area contributed by atoms with Gasteiger partial charge < -0.3 is 5.11 Å². The molecule has 3 fully saturated rings. The van der Waals surface area contributed by atoms with Crippen LogP contribution in [0, 0.1) is 28.6 Å². The van der Waals surface area contributed by atoms with E-state index in [1.807, 2.05) is 6.07 Å². The van der Waals surface area contributed by atoms with Gasteiger partial charge in [-0.05, 0) is 97.5 Å². The highest BCUT2D eigenvalue weighted by Gasteiger charge is 2.59. The summed E-state index contributed by atoms with van der Waals surface area (Å²) in [7, 11) is 0. The summed E-state index contributed by atoms with van der Waals surface area (Å²) in [6.45, 7) is 4.71. The van der Waals surface area contributed by atoms with E-state index >= 15 is 0 Å². The standard InChI is InChI=1S/C30H34O2S/c1-29-14-12-22(31)18-21(29)8-10-24-25(29)13-15-30(2)26(24)17-20(28(30)32)16-23-9-11-27(33-23)19-6-4-3-5-7-19/h3-9,11,16,22,24-26,31H,10,12-15,17-18H2,1-2H3/b20-16+/t22-,24+,25-,26-,29+,30+/m1/s1. The Morgan fingerprint density at radius 2 is 1.76 bits per heavy atom. The number of hydrogen-bond donors (Lipinski definition) is 1. The van der Waals surface area contributed by atoms with Gasteiger partial charge in [-0.25, -0.2) is 0 Å². The van der Waals surface area contributed by atoms with Crippen LogP contribution in [0.5, 0.6) is 0 Å². The molecule has 33 heavy (non-hydrogen) atoms. The number of hydrogen-bond acceptors (Lipinski definition) is 3. The molecule has 1 aromatic heterocycles. The Labute approximate surface area is 201 Å². The monoisotopic (exact) mass is 458 g/mol. The average Bonchev–Trinajstić information content (AvgIpc) is 3.38. The van der Waals surface area contributed by atoms with Crippen molar-refractivity contribution in [1.82, 2.24) is 0 Å². The zero-order valence-electron chi connectivity index (χ0n) is 19.7. The van der Waals surface area contributed by atoms with Crippen molar-refractivity contribution in [3.05, 3.63) is 64.6 Å². The van der Waals surface area contributed by atoms with Crippen molar-refractivity contribution in [2.75, 3.05) is 0 Å². The first-order valence-electron chi connectivity index (χ1n) is 12.7. The van der Waals surface area contributed by atoms with E-state index in [0.717, 1.165) is 50.5 Å². The minimum Gasteiger partial charge on any atom is -0.393 e. The number of rotatable bonds is 2. The highest BCUT2D eigenvalue weighted by molar-refractivity contribution is 7.16. The van der Waals surface area contributed by atoms with Crippen molar-refractivity contribution in [2.45, 2.75) is 64.9 Å². The lowest BCUT2D eigenvalue weighted by molar-refractivity contribution is -0.130. The van der Waals surface area contributed by atoms with Crippen LogP contribution in [0.4, 0.5) is 0 Å². The van der Waals surface area contributed by atoms with Gasteiger partial charge in [0.2, 0.25) is 0 Å². The molecule has 6 rings (SSSR count). The zero-order valence-corrected chi connectivity index (χ0v) is 20.5. The Bertz CT molecular complexity index is 1140. The number of Topliss-reactive ketones (excluding diaryl/α,β-unsaturated/α-hetero) is 1. The van der Waals surface area contributed by atoms with E-state index in [0.29, 0.717) is 23.5 Å². The third-order valence-corrected chi connectivity index (χ3v) is 10.8. The van der Waals surface area contributed by atoms with Gasteiger partial charge in [-0.1, -0.05) is 55.8 Å². The van der Waals surface area contributed by atoms with Gasteiger partial charge in [0.25, 0.3) is 0 Å². The molecule has 3 saturated carbocycles. The number of thiophene rings is 1. The largest absolute Gasteiger partial charge is 0.393 e. The molecule has 0 radical (unpaired) electrons. The molecule has 6 atom stereocenters. The molecule has 0 unspecified atom stereocenters. The van der Waals surface area contributed by atoms with E-state index in [9.17, 15) is 9.90 Å². The summed E-state index contributed by atoms with van der Waals surface area (Å²) >= 11 is 1.78. The number of aliphatic hydroxyl groups is 1. The topological polar surface area (TPSA) is 37.3 Å². The fourth-order valence-electron chi connectivity index (χ4n) is 7.80. The Morgan fingerprint density at radius 3 is 2.58 bits per heavy atom. The van der Waals surface area contributed by atoms with Crippen molar-refractivity contribution >= 4 is 23.2 Å². The summed E-state index contributed by atoms with van der Waals surface area (Å²) in [5, 5.41) is 10.2. The van der Waals surface area contributed by atoms with E-state index in [-0.39, 0.29) is 16.9 Å². The van der Waals surface area contributed by atoms with E-state index < -0.39 is 0 Å². The molecule has 0 spiro atoms. The summed E-state index contributed by atoms with van der Waals surface area (Å²) in [4.78, 5) is 16.2. The van der Waals surface area contributed by atoms with Crippen LogP contribution < -0.4 is 0 Å². The number of aliphatic hydroxyl groups excluding tert-OH is 1. The Morgan fingerprint density at radius 1 is 0.970 bits per heavy atom. The fraction of sp³-hybridized carbons (Fsp3) is 0.500. The molecule has 0 saturated heterocycles. The Balaban J connectivity index is 1.29. The predicted molar refractivity (Wildman–Crippen MR) is 136 cm³/mol. The third kappa shape index (κ3) is 3.34. The van der Waals surface area contributed by atoms with Crippen LogP contribution in [0.1, 0.15) is 63.7 Å². The number of carbonyl (C=O) groups excluding carboxylic acids is 1. The maximum absolute atomic E-state index is 13.7. The maximum atomic E-state index is 13.7. The summed E-state index contributed by atoms with van der Waals surface area (Å²) in [6.07, 6.45) is 11.5. The van der Waals surface area contributed by atoms with Gasteiger partial charge in [-0.15, -0.1) is 11.3 Å². The van der Waals surface area contributed by atoms with E-state index in [2.05, 4.69) is 62.4 Å². The lowest BCUT2D eigenvalue weighted by Gasteiger charge is -2.56. The maximum Gasteiger partial charge on any atom is 0.165 e. The predicted octanol–water partition coefficient (Wildman–Crippen LogP) is 7.30. The van der Waals surface area contributed by atoms with Gasteiger partial charge in [0, 0.05) is 15.2 Å². The first-order valence-corrected chi connectivity index (χ1v) is 13.5. The normalized spacial score (nSPS) is 39.1. The van der Waals surface area contributed by atoms with Crippen molar-refractivity contribution < 1.29 is 9.90 Å². The van der Waals surface area contributed by atoms with Crippen LogP contribution in [0.25, 0.3) is 16.5 Å². The van der Waals surface area contributed by atoms with Crippen LogP contribution in [0.15, 0.2) is 59.7 Å². The van der Waals surface area contributed by atoms with Gasteiger partial charge in [0.05, 0.1) is 6.10 Å². The molecule has 1 heterocycles. The molecule has 1 aromatic carbocycles. The highest BCUT2D eigenvalue weighted by atomic mass is 32.1. The van der Waals surface area contributed by atoms with Crippen LogP contribution in [0.2, 0.25) is 0 Å². The average molecular weight is 459 g/mol. The summed E-state index contributed by atoms with van der Waals surface area (Å²) < 4.78 is 0. The van der Waals surface area contributed by atoms with Crippen LogP contribution in [-0.2, 0) is 4.79 Å². The molecule has 2 nitrogen and oxygen atoms in total. The molecule has 1 N–H and O–H groups in total. The van der Waals surface area contributed by atoms with Crippen LogP contribution in [0.3, 0.4) is 0 Å². The lowest BCUT2D eigenvalue weighted by atomic mass is 9.48. The summed E-state index contributed by atoms with van der Waals surface area (Å²) in [6, 6.07) is 14.9. The molecule has 4 aliphatic rings. The zero-order chi connectivity index (χ0) is 22.8. The highest BCUT2D eigenvalue weighted by Crippen LogP contribution is 2.64. The van der Waals surface area contributed by atoms with Gasteiger partial charge >= 0.3 is 0 Å². The SMILES string of the molecule is C[C@]12CC[C@@H](O)CC1=CC[C@H]1[C@H]2CC[C@]2(C)C(=O)/C(=C/c3ccc(-c4ccccc4)s3)C[C@H]12. The second-order valence-electron chi connectivity index (χ2n) is 11.4. The van der Waals surface area contributed by atoms with E-state index in [1.165, 1.54) is 20.9 Å². The van der Waals surface area contributed by atoms with Gasteiger partial charge in [-0.3, -0.25) is 4.79 Å². The van der Waals surface area contributed by atoms with Gasteiger partial charge in [0.15, 0.2) is 5.78 Å². The number of allylic oxidation sites excluding steroid dienone is 2.